The van der Waals surface area contributed by atoms with Crippen LogP contribution in [0.2, 0.25) is 0 Å². The van der Waals surface area contributed by atoms with Gasteiger partial charge in [0.2, 0.25) is 5.91 Å². The molecule has 3 aromatic carbocycles. The van der Waals surface area contributed by atoms with Crippen LogP contribution in [-0.2, 0) is 14.6 Å². The van der Waals surface area contributed by atoms with Crippen molar-refractivity contribution < 1.29 is 17.9 Å². The van der Waals surface area contributed by atoms with Gasteiger partial charge < -0.3 is 21.1 Å². The zero-order valence-corrected chi connectivity index (χ0v) is 22.3. The third-order valence-electron chi connectivity index (χ3n) is 7.55. The van der Waals surface area contributed by atoms with Crippen molar-refractivity contribution in [1.82, 2.24) is 9.88 Å². The average Bonchev–Trinajstić information content (AvgIpc) is 2.92. The van der Waals surface area contributed by atoms with Gasteiger partial charge in [0, 0.05) is 24.7 Å². The first-order valence-corrected chi connectivity index (χ1v) is 14.2. The number of nitrogens with zero attached hydrogens (tertiary/aromatic N) is 2. The van der Waals surface area contributed by atoms with E-state index in [1.165, 1.54) is 6.07 Å². The summed E-state index contributed by atoms with van der Waals surface area (Å²) in [4.78, 5) is 19.8. The number of hydrogen-bond acceptors (Lipinski definition) is 7. The highest BCUT2D eigenvalue weighted by atomic mass is 32.2. The topological polar surface area (TPSA) is 129 Å². The minimum Gasteiger partial charge on any atom is -0.497 e. The highest BCUT2D eigenvalue weighted by molar-refractivity contribution is 7.92. The Morgan fingerprint density at radius 2 is 1.71 bits per heavy atom. The van der Waals surface area contributed by atoms with Crippen LogP contribution in [0.25, 0.3) is 21.5 Å². The van der Waals surface area contributed by atoms with Crippen molar-refractivity contribution >= 4 is 43.1 Å². The fraction of sp³-hybridized carbons (Fsp3) is 0.310. The summed E-state index contributed by atoms with van der Waals surface area (Å²) in [6.07, 6.45) is 3.25. The van der Waals surface area contributed by atoms with E-state index in [4.69, 9.17) is 16.2 Å². The normalized spacial score (nSPS) is 16.4. The lowest BCUT2D eigenvalue weighted by Gasteiger charge is -2.34. The molecule has 0 aliphatic carbocycles. The predicted molar refractivity (Wildman–Crippen MR) is 150 cm³/mol. The molecule has 1 amide bonds. The number of hydrogen-bond donors (Lipinski definition) is 2. The summed E-state index contributed by atoms with van der Waals surface area (Å²) >= 11 is 0. The lowest BCUT2D eigenvalue weighted by atomic mass is 9.97. The molecule has 9 heteroatoms. The van der Waals surface area contributed by atoms with E-state index in [1.807, 2.05) is 24.3 Å². The number of benzene rings is 3. The van der Waals surface area contributed by atoms with Crippen molar-refractivity contribution in [2.24, 2.45) is 11.7 Å². The Morgan fingerprint density at radius 1 is 1.00 bits per heavy atom. The standard InChI is InChI=1S/C29H32N4O4S/c1-18-10-13-33(14-11-18)29(34)27(26(30)21-4-3-20-9-12-32-28(31)25(20)17-21)38(35,36)24-8-6-19-5-7-23(37-2)15-22(19)16-24/h3-9,12,15-18,26-27H,10-11,13-14,30H2,1-2H3,(H2,31,32). The average molecular weight is 533 g/mol. The maximum Gasteiger partial charge on any atom is 0.243 e. The SMILES string of the molecule is COc1ccc2ccc(S(=O)(=O)C(C(=O)N3CCC(C)CC3)C(N)c3ccc4ccnc(N)c4c3)cc2c1. The number of fused-ring (bicyclic) bond motifs is 2. The van der Waals surface area contributed by atoms with Crippen LogP contribution >= 0.6 is 0 Å². The van der Waals surface area contributed by atoms with Crippen LogP contribution in [0.1, 0.15) is 31.4 Å². The number of amides is 1. The van der Waals surface area contributed by atoms with E-state index in [9.17, 15) is 13.2 Å². The summed E-state index contributed by atoms with van der Waals surface area (Å²) in [5.41, 5.74) is 13.3. The minimum atomic E-state index is -4.19. The van der Waals surface area contributed by atoms with Crippen LogP contribution in [-0.4, -0.2) is 49.7 Å². The number of carbonyl (C=O) groups excluding carboxylic acids is 1. The van der Waals surface area contributed by atoms with E-state index in [0.29, 0.717) is 46.9 Å². The molecule has 2 unspecified atom stereocenters. The lowest BCUT2D eigenvalue weighted by Crippen LogP contribution is -2.50. The Morgan fingerprint density at radius 3 is 2.45 bits per heavy atom. The molecule has 1 aliphatic rings. The van der Waals surface area contributed by atoms with E-state index in [2.05, 4.69) is 11.9 Å². The van der Waals surface area contributed by atoms with Crippen LogP contribution < -0.4 is 16.2 Å². The summed E-state index contributed by atoms with van der Waals surface area (Å²) in [7, 11) is -2.63. The first kappa shape index (κ1) is 25.9. The van der Waals surface area contributed by atoms with E-state index in [1.54, 1.807) is 48.5 Å². The van der Waals surface area contributed by atoms with Gasteiger partial charge in [0.05, 0.1) is 18.0 Å². The van der Waals surface area contributed by atoms with Crippen LogP contribution in [0.4, 0.5) is 5.82 Å². The molecule has 2 heterocycles. The van der Waals surface area contributed by atoms with Crippen molar-refractivity contribution in [3.05, 3.63) is 72.4 Å². The zero-order chi connectivity index (χ0) is 27.0. The van der Waals surface area contributed by atoms with E-state index in [-0.39, 0.29) is 4.90 Å². The number of nitrogens with two attached hydrogens (primary N) is 2. The third kappa shape index (κ3) is 4.79. The highest BCUT2D eigenvalue weighted by Crippen LogP contribution is 2.33. The van der Waals surface area contributed by atoms with Gasteiger partial charge in [-0.15, -0.1) is 0 Å². The Hall–Kier alpha value is -3.69. The number of pyridine rings is 1. The number of rotatable bonds is 6. The van der Waals surface area contributed by atoms with Gasteiger partial charge in [-0.2, -0.15) is 0 Å². The molecule has 5 rings (SSSR count). The summed E-state index contributed by atoms with van der Waals surface area (Å²) < 4.78 is 33.8. The molecule has 0 radical (unpaired) electrons. The van der Waals surface area contributed by atoms with Gasteiger partial charge in [-0.05, 0) is 76.9 Å². The van der Waals surface area contributed by atoms with Crippen molar-refractivity contribution in [3.63, 3.8) is 0 Å². The van der Waals surface area contributed by atoms with Gasteiger partial charge in [-0.1, -0.05) is 31.2 Å². The molecular formula is C29H32N4O4S. The monoisotopic (exact) mass is 532 g/mol. The summed E-state index contributed by atoms with van der Waals surface area (Å²) in [5.74, 6) is 0.931. The molecule has 38 heavy (non-hydrogen) atoms. The maximum atomic E-state index is 14.2. The molecule has 0 spiro atoms. The molecule has 4 N–H and O–H groups in total. The Labute approximate surface area is 222 Å². The van der Waals surface area contributed by atoms with Crippen LogP contribution in [0.3, 0.4) is 0 Å². The Balaban J connectivity index is 1.61. The number of ether oxygens (including phenoxy) is 1. The molecule has 8 nitrogen and oxygen atoms in total. The molecule has 2 atom stereocenters. The number of piperidine rings is 1. The van der Waals surface area contributed by atoms with E-state index < -0.39 is 27.0 Å². The van der Waals surface area contributed by atoms with Gasteiger partial charge in [0.15, 0.2) is 15.1 Å². The predicted octanol–water partition coefficient (Wildman–Crippen LogP) is 4.08. The van der Waals surface area contributed by atoms with Gasteiger partial charge in [-0.25, -0.2) is 13.4 Å². The minimum absolute atomic E-state index is 0.0411. The van der Waals surface area contributed by atoms with E-state index in [0.717, 1.165) is 23.6 Å². The zero-order valence-electron chi connectivity index (χ0n) is 21.5. The second kappa shape index (κ2) is 10.2. The largest absolute Gasteiger partial charge is 0.497 e. The number of nitrogen functional groups attached to an aromatic ring is 1. The van der Waals surface area contributed by atoms with Crippen LogP contribution in [0.15, 0.2) is 71.8 Å². The Kier molecular flexibility index (Phi) is 6.98. The molecule has 198 valence electrons. The summed E-state index contributed by atoms with van der Waals surface area (Å²) in [5, 5.41) is 1.57. The summed E-state index contributed by atoms with van der Waals surface area (Å²) in [6, 6.07) is 16.3. The van der Waals surface area contributed by atoms with Crippen molar-refractivity contribution in [2.75, 3.05) is 25.9 Å². The molecule has 4 aromatic rings. The van der Waals surface area contributed by atoms with Gasteiger partial charge in [-0.3, -0.25) is 4.79 Å². The van der Waals surface area contributed by atoms with Gasteiger partial charge in [0.1, 0.15) is 11.6 Å². The first-order chi connectivity index (χ1) is 18.2. The second-order valence-electron chi connectivity index (χ2n) is 10.1. The smallest absolute Gasteiger partial charge is 0.243 e. The number of methoxy groups -OCH3 is 1. The molecular weight excluding hydrogens is 500 g/mol. The molecule has 1 saturated heterocycles. The van der Waals surface area contributed by atoms with Crippen molar-refractivity contribution in [1.29, 1.82) is 0 Å². The number of likely N-dealkylation sites (tertiary alicyclic amines) is 1. The second-order valence-corrected chi connectivity index (χ2v) is 12.1. The van der Waals surface area contributed by atoms with Crippen molar-refractivity contribution in [3.8, 4) is 5.75 Å². The number of aromatic nitrogens is 1. The number of sulfone groups is 1. The fourth-order valence-corrected chi connectivity index (χ4v) is 6.93. The molecule has 1 aliphatic heterocycles. The van der Waals surface area contributed by atoms with Crippen LogP contribution in [0.5, 0.6) is 5.75 Å². The number of carbonyl (C=O) groups is 1. The third-order valence-corrected chi connectivity index (χ3v) is 9.63. The molecule has 1 aromatic heterocycles. The van der Waals surface area contributed by atoms with Crippen molar-refractivity contribution in [2.45, 2.75) is 36.0 Å². The first-order valence-electron chi connectivity index (χ1n) is 12.7. The lowest BCUT2D eigenvalue weighted by molar-refractivity contribution is -0.132. The summed E-state index contributed by atoms with van der Waals surface area (Å²) in [6.45, 7) is 3.14. The van der Waals surface area contributed by atoms with Crippen LogP contribution in [0, 0.1) is 5.92 Å². The Bertz CT molecular complexity index is 1610. The number of anilines is 1. The quantitative estimate of drug-likeness (QED) is 0.383. The fourth-order valence-electron chi connectivity index (χ4n) is 5.13. The molecule has 0 bridgehead atoms. The van der Waals surface area contributed by atoms with E-state index >= 15 is 0 Å². The highest BCUT2D eigenvalue weighted by Gasteiger charge is 2.42. The molecule has 1 fully saturated rings. The van der Waals surface area contributed by atoms with Gasteiger partial charge in [0.25, 0.3) is 0 Å². The maximum absolute atomic E-state index is 14.2. The molecule has 0 saturated carbocycles. The van der Waals surface area contributed by atoms with Gasteiger partial charge >= 0.3 is 0 Å².